The third kappa shape index (κ3) is 2.81. The predicted molar refractivity (Wildman–Crippen MR) is 97.9 cm³/mol. The molecule has 1 N–H and O–H groups in total. The molecule has 2 heterocycles. The summed E-state index contributed by atoms with van der Waals surface area (Å²) in [5.74, 6) is 0. The topological polar surface area (TPSA) is 75.7 Å². The predicted octanol–water partition coefficient (Wildman–Crippen LogP) is 3.70. The number of nitrogens with one attached hydrogen (secondary N) is 1. The smallest absolute Gasteiger partial charge is 0.175 e. The summed E-state index contributed by atoms with van der Waals surface area (Å²) in [6, 6.07) is 14.9. The van der Waals surface area contributed by atoms with Crippen LogP contribution in [0.1, 0.15) is 0 Å². The SMILES string of the molecule is CS(=O)(=O)c1ccc(-c2[nH]c3ccccc3c2-c2cncnc2)cc1. The van der Waals surface area contributed by atoms with Gasteiger partial charge >= 0.3 is 0 Å². The van der Waals surface area contributed by atoms with Crippen LogP contribution in [0.2, 0.25) is 0 Å². The third-order valence-electron chi connectivity index (χ3n) is 4.13. The van der Waals surface area contributed by atoms with Gasteiger partial charge in [0.15, 0.2) is 9.84 Å². The molecule has 6 heteroatoms. The Labute approximate surface area is 145 Å². The van der Waals surface area contributed by atoms with Gasteiger partial charge in [0.2, 0.25) is 0 Å². The maximum Gasteiger partial charge on any atom is 0.175 e. The van der Waals surface area contributed by atoms with E-state index in [1.54, 1.807) is 24.5 Å². The number of H-pyrrole nitrogens is 1. The van der Waals surface area contributed by atoms with E-state index in [1.165, 1.54) is 12.6 Å². The van der Waals surface area contributed by atoms with Gasteiger partial charge in [-0.2, -0.15) is 0 Å². The Morgan fingerprint density at radius 2 is 1.56 bits per heavy atom. The monoisotopic (exact) mass is 349 g/mol. The van der Waals surface area contributed by atoms with Gasteiger partial charge in [0.05, 0.1) is 10.6 Å². The van der Waals surface area contributed by atoms with Crippen LogP contribution in [0.5, 0.6) is 0 Å². The molecule has 0 bridgehead atoms. The highest BCUT2D eigenvalue weighted by Gasteiger charge is 2.16. The molecule has 0 radical (unpaired) electrons. The van der Waals surface area contributed by atoms with Gasteiger partial charge in [0.25, 0.3) is 0 Å². The molecule has 25 heavy (non-hydrogen) atoms. The van der Waals surface area contributed by atoms with Gasteiger partial charge in [-0.05, 0) is 23.8 Å². The first-order valence-electron chi connectivity index (χ1n) is 7.70. The molecule has 0 atom stereocenters. The van der Waals surface area contributed by atoms with Crippen LogP contribution in [0, 0.1) is 0 Å². The van der Waals surface area contributed by atoms with Gasteiger partial charge in [0.1, 0.15) is 6.33 Å². The highest BCUT2D eigenvalue weighted by molar-refractivity contribution is 7.90. The van der Waals surface area contributed by atoms with Crippen molar-refractivity contribution in [2.45, 2.75) is 4.90 Å². The van der Waals surface area contributed by atoms with E-state index in [0.29, 0.717) is 4.90 Å². The van der Waals surface area contributed by atoms with Crippen molar-refractivity contribution in [2.24, 2.45) is 0 Å². The minimum Gasteiger partial charge on any atom is -0.354 e. The maximum absolute atomic E-state index is 11.7. The van der Waals surface area contributed by atoms with E-state index in [4.69, 9.17) is 0 Å². The molecular formula is C19H15N3O2S. The fraction of sp³-hybridized carbons (Fsp3) is 0.0526. The molecule has 5 nitrogen and oxygen atoms in total. The van der Waals surface area contributed by atoms with Crippen molar-refractivity contribution in [1.82, 2.24) is 15.0 Å². The molecule has 0 aliphatic rings. The highest BCUT2D eigenvalue weighted by atomic mass is 32.2. The van der Waals surface area contributed by atoms with Gasteiger partial charge in [-0.1, -0.05) is 30.3 Å². The lowest BCUT2D eigenvalue weighted by molar-refractivity contribution is 0.602. The summed E-state index contributed by atoms with van der Waals surface area (Å²) in [4.78, 5) is 12.0. The molecule has 0 aliphatic heterocycles. The van der Waals surface area contributed by atoms with Crippen LogP contribution in [0.4, 0.5) is 0 Å². The summed E-state index contributed by atoms with van der Waals surface area (Å²) in [5.41, 5.74) is 4.73. The summed E-state index contributed by atoms with van der Waals surface area (Å²) in [6.45, 7) is 0. The molecule has 4 rings (SSSR count). The summed E-state index contributed by atoms with van der Waals surface area (Å²) in [7, 11) is -3.22. The van der Waals surface area contributed by atoms with Crippen LogP contribution in [0.15, 0.2) is 72.1 Å². The molecule has 0 amide bonds. The lowest BCUT2D eigenvalue weighted by atomic mass is 10.0. The van der Waals surface area contributed by atoms with Crippen LogP contribution in [-0.2, 0) is 9.84 Å². The second-order valence-corrected chi connectivity index (χ2v) is 7.86. The second kappa shape index (κ2) is 5.82. The van der Waals surface area contributed by atoms with Crippen LogP contribution < -0.4 is 0 Å². The van der Waals surface area contributed by atoms with Crippen molar-refractivity contribution >= 4 is 20.7 Å². The number of hydrogen-bond acceptors (Lipinski definition) is 4. The number of para-hydroxylation sites is 1. The van der Waals surface area contributed by atoms with Crippen LogP contribution >= 0.6 is 0 Å². The average molecular weight is 349 g/mol. The van der Waals surface area contributed by atoms with Gasteiger partial charge < -0.3 is 4.98 Å². The second-order valence-electron chi connectivity index (χ2n) is 5.84. The lowest BCUT2D eigenvalue weighted by Crippen LogP contribution is -1.96. The minimum atomic E-state index is -3.22. The molecule has 0 fully saturated rings. The first-order chi connectivity index (χ1) is 12.0. The number of fused-ring (bicyclic) bond motifs is 1. The molecule has 0 saturated carbocycles. The zero-order valence-electron chi connectivity index (χ0n) is 13.5. The molecule has 0 spiro atoms. The molecule has 124 valence electrons. The standard InChI is InChI=1S/C19H15N3O2S/c1-25(23,24)15-8-6-13(7-9-15)19-18(14-10-20-12-21-11-14)16-4-2-3-5-17(16)22-19/h2-12,22H,1H3. The number of rotatable bonds is 3. The number of sulfone groups is 1. The normalized spacial score (nSPS) is 11.7. The average Bonchev–Trinajstić information content (AvgIpc) is 3.01. The van der Waals surface area contributed by atoms with E-state index in [9.17, 15) is 8.42 Å². The molecular weight excluding hydrogens is 334 g/mol. The summed E-state index contributed by atoms with van der Waals surface area (Å²) >= 11 is 0. The molecule has 0 saturated heterocycles. The Hall–Kier alpha value is -2.99. The van der Waals surface area contributed by atoms with Crippen molar-refractivity contribution in [3.63, 3.8) is 0 Å². The number of benzene rings is 2. The Bertz CT molecular complexity index is 1150. The quantitative estimate of drug-likeness (QED) is 0.612. The fourth-order valence-electron chi connectivity index (χ4n) is 2.96. The Kier molecular flexibility index (Phi) is 3.62. The fourth-order valence-corrected chi connectivity index (χ4v) is 3.59. The van der Waals surface area contributed by atoms with E-state index < -0.39 is 9.84 Å². The van der Waals surface area contributed by atoms with E-state index in [-0.39, 0.29) is 0 Å². The van der Waals surface area contributed by atoms with Crippen molar-refractivity contribution in [3.05, 3.63) is 67.3 Å². The summed E-state index contributed by atoms with van der Waals surface area (Å²) in [5, 5.41) is 1.07. The third-order valence-corrected chi connectivity index (χ3v) is 5.25. The summed E-state index contributed by atoms with van der Waals surface area (Å²) in [6.07, 6.45) is 6.25. The molecule has 2 aromatic carbocycles. The van der Waals surface area contributed by atoms with Gasteiger partial charge in [-0.3, -0.25) is 0 Å². The number of hydrogen-bond donors (Lipinski definition) is 1. The van der Waals surface area contributed by atoms with Crippen LogP contribution in [0.25, 0.3) is 33.3 Å². The molecule has 0 aliphatic carbocycles. The maximum atomic E-state index is 11.7. The summed E-state index contributed by atoms with van der Waals surface area (Å²) < 4.78 is 23.4. The number of aromatic nitrogens is 3. The van der Waals surface area contributed by atoms with Gasteiger partial charge in [-0.15, -0.1) is 0 Å². The van der Waals surface area contributed by atoms with E-state index >= 15 is 0 Å². The lowest BCUT2D eigenvalue weighted by Gasteiger charge is -2.06. The Morgan fingerprint density at radius 1 is 0.880 bits per heavy atom. The zero-order chi connectivity index (χ0) is 17.4. The molecule has 4 aromatic rings. The van der Waals surface area contributed by atoms with Crippen LogP contribution in [0.3, 0.4) is 0 Å². The first kappa shape index (κ1) is 15.5. The largest absolute Gasteiger partial charge is 0.354 e. The van der Waals surface area contributed by atoms with Crippen molar-refractivity contribution < 1.29 is 8.42 Å². The minimum absolute atomic E-state index is 0.303. The van der Waals surface area contributed by atoms with Gasteiger partial charge in [0, 0.05) is 40.7 Å². The number of aromatic amines is 1. The van der Waals surface area contributed by atoms with Crippen LogP contribution in [-0.4, -0.2) is 29.6 Å². The van der Waals surface area contributed by atoms with E-state index in [0.717, 1.165) is 33.3 Å². The van der Waals surface area contributed by atoms with Crippen molar-refractivity contribution in [2.75, 3.05) is 6.26 Å². The number of nitrogens with zero attached hydrogens (tertiary/aromatic N) is 2. The first-order valence-corrected chi connectivity index (χ1v) is 9.60. The molecule has 0 unspecified atom stereocenters. The van der Waals surface area contributed by atoms with Crippen molar-refractivity contribution in [3.8, 4) is 22.4 Å². The molecule has 2 aromatic heterocycles. The van der Waals surface area contributed by atoms with E-state index in [1.807, 2.05) is 36.4 Å². The van der Waals surface area contributed by atoms with Gasteiger partial charge in [-0.25, -0.2) is 18.4 Å². The van der Waals surface area contributed by atoms with E-state index in [2.05, 4.69) is 15.0 Å². The Balaban J connectivity index is 1.96. The van der Waals surface area contributed by atoms with Crippen molar-refractivity contribution in [1.29, 1.82) is 0 Å². The zero-order valence-corrected chi connectivity index (χ0v) is 14.3. The highest BCUT2D eigenvalue weighted by Crippen LogP contribution is 2.37. The Morgan fingerprint density at radius 3 is 2.24 bits per heavy atom.